The molecular weight excluding hydrogens is 262 g/mol. The largest absolute Gasteiger partial charge is 0.769 e. The normalized spacial score (nSPS) is 10.2. The van der Waals surface area contributed by atoms with Crippen LogP contribution >= 0.6 is 0 Å². The Morgan fingerprint density at radius 1 is 1.00 bits per heavy atom. The second-order valence-electron chi connectivity index (χ2n) is 4.24. The first-order valence-corrected chi connectivity index (χ1v) is 5.77. The van der Waals surface area contributed by atoms with Gasteiger partial charge in [0.15, 0.2) is 0 Å². The maximum Gasteiger partial charge on any atom is 0.120 e. The summed E-state index contributed by atoms with van der Waals surface area (Å²) in [7, 11) is 0. The fourth-order valence-corrected chi connectivity index (χ4v) is 1.70. The van der Waals surface area contributed by atoms with E-state index >= 15 is 0 Å². The van der Waals surface area contributed by atoms with E-state index in [1.807, 2.05) is 31.2 Å². The van der Waals surface area contributed by atoms with Gasteiger partial charge in [0, 0.05) is 11.4 Å². The highest BCUT2D eigenvalue weighted by Gasteiger charge is 2.08. The van der Waals surface area contributed by atoms with Crippen molar-refractivity contribution in [2.75, 3.05) is 15.8 Å². The summed E-state index contributed by atoms with van der Waals surface area (Å²) in [5, 5.41) is 41.9. The fraction of sp³-hybridized carbons (Fsp3) is 0.0769. The highest BCUT2D eigenvalue weighted by atomic mass is 16.8. The lowest BCUT2D eigenvalue weighted by atomic mass is 10.2. The van der Waals surface area contributed by atoms with Crippen LogP contribution in [0.5, 0.6) is 0 Å². The zero-order valence-corrected chi connectivity index (χ0v) is 10.6. The first-order chi connectivity index (χ1) is 9.47. The van der Waals surface area contributed by atoms with Crippen molar-refractivity contribution < 1.29 is 10.4 Å². The third-order valence-electron chi connectivity index (χ3n) is 2.74. The quantitative estimate of drug-likeness (QED) is 0.736. The van der Waals surface area contributed by atoms with Gasteiger partial charge in [-0.15, -0.1) is 5.23 Å². The molecule has 0 bridgehead atoms. The summed E-state index contributed by atoms with van der Waals surface area (Å²) in [5.41, 5.74) is 1.81. The molecule has 0 spiro atoms. The number of benzene rings is 2. The van der Waals surface area contributed by atoms with E-state index in [0.29, 0.717) is 5.69 Å². The van der Waals surface area contributed by atoms with Gasteiger partial charge in [-0.05, 0) is 37.3 Å². The summed E-state index contributed by atoms with van der Waals surface area (Å²) in [5.74, 6) is 0. The van der Waals surface area contributed by atoms with Gasteiger partial charge in [-0.25, -0.2) is 0 Å². The van der Waals surface area contributed by atoms with Gasteiger partial charge < -0.3 is 21.0 Å². The van der Waals surface area contributed by atoms with Crippen molar-refractivity contribution in [2.45, 2.75) is 6.92 Å². The lowest BCUT2D eigenvalue weighted by molar-refractivity contribution is 0.0296. The SMILES string of the molecule is Cc1ccc(Nc2ccc(N([O-])[O-])cc2N(O)O)cc1. The highest BCUT2D eigenvalue weighted by Crippen LogP contribution is 2.31. The number of hydrogen-bond acceptors (Lipinski definition) is 7. The van der Waals surface area contributed by atoms with Crippen molar-refractivity contribution in [2.24, 2.45) is 0 Å². The molecule has 0 heterocycles. The minimum atomic E-state index is -0.608. The highest BCUT2D eigenvalue weighted by molar-refractivity contribution is 5.77. The lowest BCUT2D eigenvalue weighted by Crippen LogP contribution is -2.14. The van der Waals surface area contributed by atoms with Gasteiger partial charge in [-0.2, -0.15) is 0 Å². The molecule has 0 radical (unpaired) electrons. The monoisotopic (exact) mass is 275 g/mol. The predicted molar refractivity (Wildman–Crippen MR) is 76.2 cm³/mol. The van der Waals surface area contributed by atoms with E-state index in [9.17, 15) is 10.4 Å². The summed E-state index contributed by atoms with van der Waals surface area (Å²) >= 11 is 0. The first kappa shape index (κ1) is 14.1. The van der Waals surface area contributed by atoms with Crippen LogP contribution in [0, 0.1) is 17.3 Å². The Bertz CT molecular complexity index is 585. The van der Waals surface area contributed by atoms with Gasteiger partial charge in [0.25, 0.3) is 0 Å². The van der Waals surface area contributed by atoms with Gasteiger partial charge in [0.05, 0.1) is 5.69 Å². The smallest absolute Gasteiger partial charge is 0.120 e. The Balaban J connectivity index is 2.33. The molecule has 7 nitrogen and oxygen atoms in total. The zero-order chi connectivity index (χ0) is 14.7. The molecule has 7 heteroatoms. The average Bonchev–Trinajstić information content (AvgIpc) is 2.41. The molecule has 2 aromatic carbocycles. The molecule has 0 unspecified atom stereocenters. The molecule has 0 saturated carbocycles. The third-order valence-corrected chi connectivity index (χ3v) is 2.74. The number of rotatable bonds is 4. The van der Waals surface area contributed by atoms with Gasteiger partial charge >= 0.3 is 0 Å². The molecule has 2 aromatic rings. The Morgan fingerprint density at radius 3 is 2.20 bits per heavy atom. The number of anilines is 4. The van der Waals surface area contributed by atoms with Crippen molar-refractivity contribution in [1.82, 2.24) is 0 Å². The molecule has 0 aliphatic heterocycles. The predicted octanol–water partition coefficient (Wildman–Crippen LogP) is 3.13. The van der Waals surface area contributed by atoms with E-state index in [0.717, 1.165) is 17.3 Å². The van der Waals surface area contributed by atoms with Crippen molar-refractivity contribution in [3.05, 3.63) is 58.4 Å². The van der Waals surface area contributed by atoms with Crippen LogP contribution in [0.25, 0.3) is 0 Å². The first-order valence-electron chi connectivity index (χ1n) is 5.77. The molecule has 0 atom stereocenters. The van der Waals surface area contributed by atoms with Crippen molar-refractivity contribution in [1.29, 1.82) is 0 Å². The van der Waals surface area contributed by atoms with Crippen LogP contribution < -0.4 is 15.8 Å². The number of nitrogens with zero attached hydrogens (tertiary/aromatic N) is 2. The molecule has 0 saturated heterocycles. The average molecular weight is 275 g/mol. The maximum atomic E-state index is 10.7. The van der Waals surface area contributed by atoms with Crippen LogP contribution in [0.1, 0.15) is 5.56 Å². The van der Waals surface area contributed by atoms with E-state index < -0.39 is 5.23 Å². The lowest BCUT2D eigenvalue weighted by Gasteiger charge is -2.38. The Hall–Kier alpha value is -2.32. The van der Waals surface area contributed by atoms with Crippen molar-refractivity contribution >= 4 is 22.7 Å². The molecule has 0 amide bonds. The molecule has 106 valence electrons. The van der Waals surface area contributed by atoms with E-state index in [1.54, 1.807) is 0 Å². The minimum Gasteiger partial charge on any atom is -0.769 e. The summed E-state index contributed by atoms with van der Waals surface area (Å²) in [6.07, 6.45) is 0. The van der Waals surface area contributed by atoms with E-state index in [4.69, 9.17) is 10.4 Å². The summed E-state index contributed by atoms with van der Waals surface area (Å²) in [6.45, 7) is 1.95. The molecule has 0 aromatic heterocycles. The van der Waals surface area contributed by atoms with Crippen LogP contribution in [-0.2, 0) is 0 Å². The molecule has 0 aliphatic rings. The Labute approximate surface area is 115 Å². The Kier molecular flexibility index (Phi) is 4.06. The van der Waals surface area contributed by atoms with Crippen LogP contribution in [0.3, 0.4) is 0 Å². The fourth-order valence-electron chi connectivity index (χ4n) is 1.70. The molecule has 3 N–H and O–H groups in total. The van der Waals surface area contributed by atoms with Crippen LogP contribution in [0.4, 0.5) is 22.7 Å². The zero-order valence-electron chi connectivity index (χ0n) is 10.6. The molecular formula is C13H13N3O4-2. The van der Waals surface area contributed by atoms with Crippen LogP contribution in [0.2, 0.25) is 0 Å². The minimum absolute atomic E-state index is 0.111. The third kappa shape index (κ3) is 3.16. The standard InChI is InChI=1S/C13H13N3O4/c1-9-2-4-10(5-3-9)14-12-7-6-11(15(17)18)8-13(12)16(19)20/h2-8,14,19-20H,1H3/q-2. The Morgan fingerprint density at radius 2 is 1.65 bits per heavy atom. The van der Waals surface area contributed by atoms with Gasteiger partial charge in [0.2, 0.25) is 0 Å². The number of nitrogens with one attached hydrogen (secondary N) is 1. The van der Waals surface area contributed by atoms with Gasteiger partial charge in [0.1, 0.15) is 5.69 Å². The molecule has 20 heavy (non-hydrogen) atoms. The number of hydrogen-bond donors (Lipinski definition) is 3. The van der Waals surface area contributed by atoms with Gasteiger partial charge in [-0.3, -0.25) is 10.4 Å². The van der Waals surface area contributed by atoms with Crippen molar-refractivity contribution in [3.8, 4) is 0 Å². The number of aryl methyl sites for hydroxylation is 1. The molecule has 0 aliphatic carbocycles. The summed E-state index contributed by atoms with van der Waals surface area (Å²) < 4.78 is 0. The maximum absolute atomic E-state index is 10.7. The molecule has 0 fully saturated rings. The van der Waals surface area contributed by atoms with Crippen molar-refractivity contribution in [3.63, 3.8) is 0 Å². The second kappa shape index (κ2) is 5.76. The van der Waals surface area contributed by atoms with E-state index in [-0.39, 0.29) is 16.6 Å². The van der Waals surface area contributed by atoms with E-state index in [2.05, 4.69) is 5.32 Å². The van der Waals surface area contributed by atoms with Gasteiger partial charge in [-0.1, -0.05) is 17.7 Å². The summed E-state index contributed by atoms with van der Waals surface area (Å²) in [6, 6.07) is 11.2. The topological polar surface area (TPSA) is 105 Å². The second-order valence-corrected chi connectivity index (χ2v) is 4.24. The van der Waals surface area contributed by atoms with E-state index in [1.165, 1.54) is 12.1 Å². The molecule has 2 rings (SSSR count). The van der Waals surface area contributed by atoms with Crippen LogP contribution in [0.15, 0.2) is 42.5 Å². The summed E-state index contributed by atoms with van der Waals surface area (Å²) in [4.78, 5) is 0. The van der Waals surface area contributed by atoms with Crippen LogP contribution in [-0.4, -0.2) is 10.4 Å².